The van der Waals surface area contributed by atoms with Crippen molar-refractivity contribution in [3.05, 3.63) is 65.2 Å². The fourth-order valence-electron chi connectivity index (χ4n) is 6.38. The lowest BCUT2D eigenvalue weighted by molar-refractivity contribution is -0.157. The molecule has 1 saturated heterocycles. The summed E-state index contributed by atoms with van der Waals surface area (Å²) in [5.41, 5.74) is 2.65. The minimum absolute atomic E-state index is 0.0372. The van der Waals surface area contributed by atoms with E-state index in [0.29, 0.717) is 6.54 Å². The molecule has 2 N–H and O–H groups in total. The average molecular weight is 551 g/mol. The van der Waals surface area contributed by atoms with Crippen LogP contribution in [-0.2, 0) is 26.3 Å². The van der Waals surface area contributed by atoms with Crippen LogP contribution in [0, 0.1) is 17.3 Å². The van der Waals surface area contributed by atoms with Gasteiger partial charge in [0.1, 0.15) is 17.9 Å². The first-order valence-corrected chi connectivity index (χ1v) is 14.3. The summed E-state index contributed by atoms with van der Waals surface area (Å²) in [6.45, 7) is 13.2. The molecule has 0 radical (unpaired) electrons. The first-order chi connectivity index (χ1) is 18.8. The van der Waals surface area contributed by atoms with Gasteiger partial charge in [-0.3, -0.25) is 4.79 Å². The summed E-state index contributed by atoms with van der Waals surface area (Å²) < 4.78 is 11.4. The number of amides is 1. The number of likely N-dealkylation sites (tertiary alicyclic amines) is 1. The summed E-state index contributed by atoms with van der Waals surface area (Å²) >= 11 is 0. The van der Waals surface area contributed by atoms with Crippen LogP contribution in [0.1, 0.15) is 77.1 Å². The number of carboxylic acid groups (broad SMARTS) is 1. The number of nitrogens with zero attached hydrogens (tertiary/aromatic N) is 1. The molecule has 218 valence electrons. The van der Waals surface area contributed by atoms with Crippen molar-refractivity contribution in [1.82, 2.24) is 10.2 Å². The van der Waals surface area contributed by atoms with Gasteiger partial charge in [0, 0.05) is 31.2 Å². The Bertz CT molecular complexity index is 1200. The van der Waals surface area contributed by atoms with E-state index in [9.17, 15) is 14.7 Å². The van der Waals surface area contributed by atoms with E-state index in [-0.39, 0.29) is 29.2 Å². The third-order valence-electron chi connectivity index (χ3n) is 8.54. The van der Waals surface area contributed by atoms with Gasteiger partial charge in [-0.15, -0.1) is 0 Å². The van der Waals surface area contributed by atoms with Gasteiger partial charge in [-0.2, -0.15) is 0 Å². The summed E-state index contributed by atoms with van der Waals surface area (Å²) in [6.07, 6.45) is 1.19. The van der Waals surface area contributed by atoms with E-state index < -0.39 is 29.6 Å². The Hall–Kier alpha value is -2.90. The van der Waals surface area contributed by atoms with E-state index >= 15 is 0 Å². The van der Waals surface area contributed by atoms with Gasteiger partial charge >= 0.3 is 5.97 Å². The smallest absolute Gasteiger partial charge is 0.326 e. The van der Waals surface area contributed by atoms with Crippen molar-refractivity contribution in [1.29, 1.82) is 0 Å². The van der Waals surface area contributed by atoms with Crippen molar-refractivity contribution in [2.24, 2.45) is 17.3 Å². The summed E-state index contributed by atoms with van der Waals surface area (Å²) in [5, 5.41) is 14.4. The molecule has 2 aromatic rings. The van der Waals surface area contributed by atoms with Crippen molar-refractivity contribution < 1.29 is 24.2 Å². The molecule has 7 heteroatoms. The first kappa shape index (κ1) is 30.1. The number of carbonyl (C=O) groups is 2. The van der Waals surface area contributed by atoms with E-state index in [4.69, 9.17) is 9.47 Å². The van der Waals surface area contributed by atoms with Crippen LogP contribution in [0.2, 0.25) is 0 Å². The zero-order valence-corrected chi connectivity index (χ0v) is 25.2. The Morgan fingerprint density at radius 3 is 2.17 bits per heavy atom. The number of nitrogens with one attached hydrogen (secondary N) is 1. The molecule has 0 aromatic heterocycles. The number of methoxy groups -OCH3 is 2. The van der Waals surface area contributed by atoms with Gasteiger partial charge in [0.2, 0.25) is 0 Å². The predicted octanol–water partition coefficient (Wildman–Crippen LogP) is 5.57. The molecule has 2 aliphatic rings. The quantitative estimate of drug-likeness (QED) is 0.424. The highest BCUT2D eigenvalue weighted by Gasteiger charge is 2.59. The van der Waals surface area contributed by atoms with Gasteiger partial charge in [0.05, 0.1) is 13.2 Å². The molecule has 2 aromatic carbocycles. The number of aliphatic carboxylic acids is 1. The highest BCUT2D eigenvalue weighted by atomic mass is 16.5. The maximum Gasteiger partial charge on any atom is 0.326 e. The second kappa shape index (κ2) is 11.5. The van der Waals surface area contributed by atoms with Gasteiger partial charge in [-0.05, 0) is 46.8 Å². The Morgan fingerprint density at radius 1 is 1.02 bits per heavy atom. The lowest BCUT2D eigenvalue weighted by Gasteiger charge is -2.35. The third kappa shape index (κ3) is 6.06. The van der Waals surface area contributed by atoms with E-state index in [1.165, 1.54) is 5.56 Å². The normalized spacial score (nSPS) is 24.1. The Morgan fingerprint density at radius 2 is 1.68 bits per heavy atom. The predicted molar refractivity (Wildman–Crippen MR) is 156 cm³/mol. The second-order valence-corrected chi connectivity index (χ2v) is 13.5. The molecule has 1 saturated carbocycles. The molecule has 4 rings (SSSR count). The Kier molecular flexibility index (Phi) is 8.67. The number of carbonyl (C=O) groups excluding carboxylic acids is 1. The van der Waals surface area contributed by atoms with Crippen molar-refractivity contribution in [2.75, 3.05) is 14.2 Å². The highest BCUT2D eigenvalue weighted by molar-refractivity contribution is 5.88. The Balaban J connectivity index is 1.82. The minimum Gasteiger partial charge on any atom is -0.496 e. The van der Waals surface area contributed by atoms with Crippen LogP contribution in [0.4, 0.5) is 0 Å². The maximum atomic E-state index is 14.2. The molecule has 0 spiro atoms. The van der Waals surface area contributed by atoms with Crippen molar-refractivity contribution in [3.63, 3.8) is 0 Å². The number of hydrogen-bond donors (Lipinski definition) is 2. The average Bonchev–Trinajstić information content (AvgIpc) is 3.66. The van der Waals surface area contributed by atoms with E-state index in [1.807, 2.05) is 36.4 Å². The van der Waals surface area contributed by atoms with Crippen molar-refractivity contribution in [2.45, 2.75) is 90.6 Å². The van der Waals surface area contributed by atoms with Crippen LogP contribution >= 0.6 is 0 Å². The Labute approximate surface area is 239 Å². The number of ether oxygens (including phenoxy) is 2. The summed E-state index contributed by atoms with van der Waals surface area (Å²) in [7, 11) is 3.22. The molecule has 1 aliphatic carbocycles. The summed E-state index contributed by atoms with van der Waals surface area (Å²) in [4.78, 5) is 28.9. The zero-order valence-electron chi connectivity index (χ0n) is 25.2. The van der Waals surface area contributed by atoms with Gasteiger partial charge in [-0.1, -0.05) is 84.0 Å². The van der Waals surface area contributed by atoms with Gasteiger partial charge in [0.15, 0.2) is 0 Å². The largest absolute Gasteiger partial charge is 0.496 e. The highest BCUT2D eigenvalue weighted by Crippen LogP contribution is 2.49. The van der Waals surface area contributed by atoms with Gasteiger partial charge in [-0.25, -0.2) is 4.79 Å². The van der Waals surface area contributed by atoms with Crippen LogP contribution in [0.15, 0.2) is 48.5 Å². The number of benzene rings is 2. The third-order valence-corrected chi connectivity index (χ3v) is 8.54. The summed E-state index contributed by atoms with van der Waals surface area (Å²) in [6, 6.07) is 14.2. The van der Waals surface area contributed by atoms with E-state index in [1.54, 1.807) is 19.1 Å². The van der Waals surface area contributed by atoms with Crippen LogP contribution in [0.5, 0.6) is 5.75 Å². The number of hydrogen-bond acceptors (Lipinski definition) is 5. The molecule has 5 atom stereocenters. The molecule has 1 aliphatic heterocycles. The molecule has 1 heterocycles. The fourth-order valence-corrected chi connectivity index (χ4v) is 6.38. The minimum atomic E-state index is -1.01. The van der Waals surface area contributed by atoms with Crippen LogP contribution in [0.3, 0.4) is 0 Å². The molecular formula is C33H46N2O5. The first-order valence-electron chi connectivity index (χ1n) is 14.3. The van der Waals surface area contributed by atoms with Gasteiger partial charge < -0.3 is 24.8 Å². The molecule has 40 heavy (non-hydrogen) atoms. The molecule has 0 unspecified atom stereocenters. The molecular weight excluding hydrogens is 504 g/mol. The van der Waals surface area contributed by atoms with Crippen molar-refractivity contribution >= 4 is 11.9 Å². The van der Waals surface area contributed by atoms with Crippen molar-refractivity contribution in [3.8, 4) is 5.75 Å². The van der Waals surface area contributed by atoms with Crippen LogP contribution < -0.4 is 10.1 Å². The van der Waals surface area contributed by atoms with E-state index in [0.717, 1.165) is 29.7 Å². The van der Waals surface area contributed by atoms with Gasteiger partial charge in [0.25, 0.3) is 5.91 Å². The van der Waals surface area contributed by atoms with Crippen LogP contribution in [0.25, 0.3) is 0 Å². The molecule has 7 nitrogen and oxygen atoms in total. The topological polar surface area (TPSA) is 88.1 Å². The fraction of sp³-hybridized carbons (Fsp3) is 0.576. The van der Waals surface area contributed by atoms with E-state index in [2.05, 4.69) is 59.0 Å². The number of carboxylic acids is 1. The molecule has 0 bridgehead atoms. The maximum absolute atomic E-state index is 14.2. The monoisotopic (exact) mass is 550 g/mol. The SMILES string of the molecule is COc1ccc(C(C)(C)C)cc1CN[C@H]1[C@H](C(C)(C)C)[C@@H](C(=O)O)N(C(=O)[C@H](OC)C2CC2)[C@H]1c1ccccc1. The van der Waals surface area contributed by atoms with Crippen LogP contribution in [-0.4, -0.2) is 54.3 Å². The molecule has 1 amide bonds. The lowest BCUT2D eigenvalue weighted by Crippen LogP contribution is -2.51. The molecule has 2 fully saturated rings. The number of rotatable bonds is 9. The standard InChI is InChI=1S/C33H46N2O5/c1-32(2,3)23-16-17-24(39-7)22(18-23)19-34-26-25(33(4,5)6)28(31(37)38)35(27(26)20-12-10-9-11-13-20)30(36)29(40-8)21-14-15-21/h9-13,16-18,21,25-29,34H,14-15,19H2,1-8H3,(H,37,38)/t25-,26-,27-,28-,29+/m0/s1. The summed E-state index contributed by atoms with van der Waals surface area (Å²) in [5.74, 6) is -0.688. The zero-order chi connectivity index (χ0) is 29.4. The second-order valence-electron chi connectivity index (χ2n) is 13.5. The lowest BCUT2D eigenvalue weighted by atomic mass is 9.72.